The van der Waals surface area contributed by atoms with Gasteiger partial charge in [-0.3, -0.25) is 9.59 Å². The van der Waals surface area contributed by atoms with Crippen LogP contribution in [0.5, 0.6) is 0 Å². The van der Waals surface area contributed by atoms with Gasteiger partial charge in [0.2, 0.25) is 11.8 Å². The standard InChI is InChI=1S/C26H53N3O3/c1-11-13-14-24(31)29(18-17-27(9)10)26(7,8)21-32-20-25(5,6)19-28(12-2)23(30)16-15-22(3)4/h22H,11-21H2,1-10H3. The van der Waals surface area contributed by atoms with Crippen LogP contribution in [0.15, 0.2) is 0 Å². The molecule has 0 fully saturated rings. The van der Waals surface area contributed by atoms with E-state index in [1.54, 1.807) is 0 Å². The molecule has 2 amide bonds. The molecule has 0 bridgehead atoms. The minimum absolute atomic E-state index is 0.153. The monoisotopic (exact) mass is 455 g/mol. The van der Waals surface area contributed by atoms with E-state index in [1.807, 2.05) is 30.8 Å². The van der Waals surface area contributed by atoms with Crippen molar-refractivity contribution in [2.24, 2.45) is 11.3 Å². The number of likely N-dealkylation sites (N-methyl/N-ethyl adjacent to an activating group) is 1. The van der Waals surface area contributed by atoms with E-state index < -0.39 is 0 Å². The molecule has 0 saturated heterocycles. The molecule has 0 aliphatic heterocycles. The molecular formula is C26H53N3O3. The average molecular weight is 456 g/mol. The highest BCUT2D eigenvalue weighted by Crippen LogP contribution is 2.22. The van der Waals surface area contributed by atoms with Crippen LogP contribution in [-0.4, -0.2) is 85.5 Å². The van der Waals surface area contributed by atoms with Gasteiger partial charge in [-0.05, 0) is 53.6 Å². The Morgan fingerprint density at radius 3 is 2.03 bits per heavy atom. The summed E-state index contributed by atoms with van der Waals surface area (Å²) in [6.45, 7) is 20.9. The normalized spacial score (nSPS) is 12.5. The van der Waals surface area contributed by atoms with E-state index in [2.05, 4.69) is 53.4 Å². The van der Waals surface area contributed by atoms with Gasteiger partial charge < -0.3 is 19.4 Å². The largest absolute Gasteiger partial charge is 0.378 e. The Balaban J connectivity index is 4.95. The quantitative estimate of drug-likeness (QED) is 0.320. The lowest BCUT2D eigenvalue weighted by Crippen LogP contribution is -2.53. The van der Waals surface area contributed by atoms with Crippen molar-refractivity contribution in [1.29, 1.82) is 0 Å². The summed E-state index contributed by atoms with van der Waals surface area (Å²) in [7, 11) is 4.06. The van der Waals surface area contributed by atoms with Crippen molar-refractivity contribution in [1.82, 2.24) is 14.7 Å². The van der Waals surface area contributed by atoms with E-state index >= 15 is 0 Å². The maximum Gasteiger partial charge on any atom is 0.223 e. The van der Waals surface area contributed by atoms with Crippen LogP contribution in [0.2, 0.25) is 0 Å². The Kier molecular flexibility index (Phi) is 14.4. The van der Waals surface area contributed by atoms with Gasteiger partial charge in [-0.25, -0.2) is 0 Å². The van der Waals surface area contributed by atoms with Gasteiger partial charge in [-0.1, -0.05) is 41.0 Å². The van der Waals surface area contributed by atoms with E-state index in [4.69, 9.17) is 4.74 Å². The van der Waals surface area contributed by atoms with Gasteiger partial charge in [-0.15, -0.1) is 0 Å². The SMILES string of the molecule is CCCCC(=O)N(CCN(C)C)C(C)(C)COCC(C)(C)CN(CC)C(=O)CCC(C)C. The number of unbranched alkanes of at least 4 members (excludes halogenated alkanes) is 1. The highest BCUT2D eigenvalue weighted by Gasteiger charge is 2.32. The predicted molar refractivity (Wildman–Crippen MR) is 135 cm³/mol. The smallest absolute Gasteiger partial charge is 0.223 e. The van der Waals surface area contributed by atoms with E-state index in [-0.39, 0.29) is 22.8 Å². The molecule has 0 spiro atoms. The summed E-state index contributed by atoms with van der Waals surface area (Å²) in [5.74, 6) is 0.965. The first kappa shape index (κ1) is 30.9. The molecule has 32 heavy (non-hydrogen) atoms. The third-order valence-corrected chi connectivity index (χ3v) is 5.78. The minimum atomic E-state index is -0.381. The molecule has 0 rings (SSSR count). The predicted octanol–water partition coefficient (Wildman–Crippen LogP) is 4.67. The van der Waals surface area contributed by atoms with Crippen LogP contribution in [0.4, 0.5) is 0 Å². The first-order valence-corrected chi connectivity index (χ1v) is 12.6. The lowest BCUT2D eigenvalue weighted by atomic mass is 9.93. The molecule has 0 heterocycles. The fraction of sp³-hybridized carbons (Fsp3) is 0.923. The lowest BCUT2D eigenvalue weighted by molar-refractivity contribution is -0.141. The van der Waals surface area contributed by atoms with Crippen LogP contribution in [0.25, 0.3) is 0 Å². The zero-order valence-corrected chi connectivity index (χ0v) is 22.9. The first-order chi connectivity index (χ1) is 14.8. The third-order valence-electron chi connectivity index (χ3n) is 5.78. The van der Waals surface area contributed by atoms with E-state index in [9.17, 15) is 9.59 Å². The Morgan fingerprint density at radius 1 is 0.906 bits per heavy atom. The molecule has 0 atom stereocenters. The summed E-state index contributed by atoms with van der Waals surface area (Å²) in [5, 5.41) is 0. The summed E-state index contributed by atoms with van der Waals surface area (Å²) in [6, 6.07) is 0. The number of nitrogens with zero attached hydrogens (tertiary/aromatic N) is 3. The number of rotatable bonds is 17. The van der Waals surface area contributed by atoms with Gasteiger partial charge in [0.05, 0.1) is 18.8 Å². The van der Waals surface area contributed by atoms with E-state index in [0.29, 0.717) is 45.1 Å². The first-order valence-electron chi connectivity index (χ1n) is 12.6. The summed E-state index contributed by atoms with van der Waals surface area (Å²) < 4.78 is 6.18. The van der Waals surface area contributed by atoms with Crippen LogP contribution in [0, 0.1) is 11.3 Å². The molecule has 0 radical (unpaired) electrons. The fourth-order valence-corrected chi connectivity index (χ4v) is 3.69. The Hall–Kier alpha value is -1.14. The second kappa shape index (κ2) is 14.9. The molecule has 0 aromatic carbocycles. The van der Waals surface area contributed by atoms with E-state index in [0.717, 1.165) is 32.4 Å². The highest BCUT2D eigenvalue weighted by molar-refractivity contribution is 5.77. The van der Waals surface area contributed by atoms with Crippen molar-refractivity contribution in [2.75, 3.05) is 53.5 Å². The zero-order chi connectivity index (χ0) is 24.9. The van der Waals surface area contributed by atoms with Crippen LogP contribution in [-0.2, 0) is 14.3 Å². The van der Waals surface area contributed by atoms with Crippen molar-refractivity contribution in [3.8, 4) is 0 Å². The summed E-state index contributed by atoms with van der Waals surface area (Å²) in [4.78, 5) is 31.6. The highest BCUT2D eigenvalue weighted by atomic mass is 16.5. The average Bonchev–Trinajstić information content (AvgIpc) is 2.67. The number of hydrogen-bond donors (Lipinski definition) is 0. The Labute approximate surface area is 199 Å². The molecule has 0 unspecified atom stereocenters. The molecule has 0 aliphatic carbocycles. The number of ether oxygens (including phenoxy) is 1. The number of carbonyl (C=O) groups is 2. The van der Waals surface area contributed by atoms with E-state index in [1.165, 1.54) is 0 Å². The van der Waals surface area contributed by atoms with Gasteiger partial charge in [0.15, 0.2) is 0 Å². The van der Waals surface area contributed by atoms with Crippen LogP contribution in [0.1, 0.15) is 87.5 Å². The maximum absolute atomic E-state index is 12.9. The second-order valence-electron chi connectivity index (χ2n) is 11.3. The molecule has 0 saturated carbocycles. The molecule has 0 N–H and O–H groups in total. The van der Waals surface area contributed by atoms with Crippen molar-refractivity contribution in [3.05, 3.63) is 0 Å². The van der Waals surface area contributed by atoms with Gasteiger partial charge in [0, 0.05) is 44.4 Å². The molecule has 0 aromatic heterocycles. The lowest BCUT2D eigenvalue weighted by Gasteiger charge is -2.40. The summed E-state index contributed by atoms with van der Waals surface area (Å²) in [5.41, 5.74) is -0.533. The van der Waals surface area contributed by atoms with Gasteiger partial charge in [0.25, 0.3) is 0 Å². The number of hydrogen-bond acceptors (Lipinski definition) is 4. The summed E-state index contributed by atoms with van der Waals surface area (Å²) >= 11 is 0. The topological polar surface area (TPSA) is 53.1 Å². The minimum Gasteiger partial charge on any atom is -0.378 e. The molecule has 190 valence electrons. The number of carbonyl (C=O) groups excluding carboxylic acids is 2. The fourth-order valence-electron chi connectivity index (χ4n) is 3.69. The summed E-state index contributed by atoms with van der Waals surface area (Å²) in [6.07, 6.45) is 4.05. The molecule has 6 heteroatoms. The maximum atomic E-state index is 12.9. The third kappa shape index (κ3) is 12.8. The van der Waals surface area contributed by atoms with Gasteiger partial charge in [-0.2, -0.15) is 0 Å². The Bertz CT molecular complexity index is 544. The zero-order valence-electron chi connectivity index (χ0n) is 22.9. The van der Waals surface area contributed by atoms with Crippen molar-refractivity contribution >= 4 is 11.8 Å². The molecule has 6 nitrogen and oxygen atoms in total. The Morgan fingerprint density at radius 2 is 1.53 bits per heavy atom. The van der Waals surface area contributed by atoms with Crippen molar-refractivity contribution < 1.29 is 14.3 Å². The van der Waals surface area contributed by atoms with Crippen LogP contribution < -0.4 is 0 Å². The van der Waals surface area contributed by atoms with Gasteiger partial charge in [0.1, 0.15) is 0 Å². The number of amides is 2. The van der Waals surface area contributed by atoms with Gasteiger partial charge >= 0.3 is 0 Å². The molecule has 0 aliphatic rings. The molecular weight excluding hydrogens is 402 g/mol. The molecule has 0 aromatic rings. The second-order valence-corrected chi connectivity index (χ2v) is 11.3. The van der Waals surface area contributed by atoms with Crippen LogP contribution in [0.3, 0.4) is 0 Å². The van der Waals surface area contributed by atoms with Crippen molar-refractivity contribution in [2.45, 2.75) is 93.0 Å². The van der Waals surface area contributed by atoms with Crippen LogP contribution >= 0.6 is 0 Å². The van der Waals surface area contributed by atoms with Crippen molar-refractivity contribution in [3.63, 3.8) is 0 Å².